The van der Waals surface area contributed by atoms with Crippen molar-refractivity contribution in [1.82, 2.24) is 0 Å². The van der Waals surface area contributed by atoms with Gasteiger partial charge in [-0.25, -0.2) is 0 Å². The lowest BCUT2D eigenvalue weighted by atomic mass is 9.86. The Morgan fingerprint density at radius 3 is 1.69 bits per heavy atom. The van der Waals surface area contributed by atoms with Crippen LogP contribution >= 0.6 is 0 Å². The van der Waals surface area contributed by atoms with Crippen LogP contribution in [0.4, 0.5) is 13.2 Å². The van der Waals surface area contributed by atoms with Crippen molar-refractivity contribution in [2.45, 2.75) is 40.3 Å². The van der Waals surface area contributed by atoms with Gasteiger partial charge in [-0.1, -0.05) is 27.7 Å². The zero-order valence-electron chi connectivity index (χ0n) is 8.57. The summed E-state index contributed by atoms with van der Waals surface area (Å²) in [6.45, 7) is 7.10. The third-order valence-electron chi connectivity index (χ3n) is 3.42. The standard InChI is InChI=1S/C10H17F3/c1-6(2)8-5-9(8,7(3)4)10(11,12)13/h6-8H,5H2,1-4H3. The van der Waals surface area contributed by atoms with Crippen molar-refractivity contribution in [2.24, 2.45) is 23.2 Å². The molecule has 2 unspecified atom stereocenters. The highest BCUT2D eigenvalue weighted by Gasteiger charge is 2.71. The molecule has 0 bridgehead atoms. The minimum absolute atomic E-state index is 0.143. The Kier molecular flexibility index (Phi) is 2.42. The van der Waals surface area contributed by atoms with Crippen molar-refractivity contribution in [2.75, 3.05) is 0 Å². The second-order valence-corrected chi connectivity index (χ2v) is 4.75. The molecule has 1 aliphatic carbocycles. The smallest absolute Gasteiger partial charge is 0.170 e. The average Bonchev–Trinajstić information content (AvgIpc) is 2.57. The van der Waals surface area contributed by atoms with E-state index in [1.54, 1.807) is 13.8 Å². The quantitative estimate of drug-likeness (QED) is 0.626. The molecule has 0 heterocycles. The van der Waals surface area contributed by atoms with Crippen LogP contribution in [0, 0.1) is 23.2 Å². The van der Waals surface area contributed by atoms with E-state index in [-0.39, 0.29) is 17.8 Å². The van der Waals surface area contributed by atoms with Crippen LogP contribution in [0.5, 0.6) is 0 Å². The second kappa shape index (κ2) is 2.89. The van der Waals surface area contributed by atoms with Crippen molar-refractivity contribution in [3.8, 4) is 0 Å². The summed E-state index contributed by atoms with van der Waals surface area (Å²) in [6, 6.07) is 0. The molecule has 0 amide bonds. The normalized spacial score (nSPS) is 34.4. The van der Waals surface area contributed by atoms with Crippen LogP contribution in [-0.4, -0.2) is 6.18 Å². The summed E-state index contributed by atoms with van der Waals surface area (Å²) >= 11 is 0. The molecular formula is C10H17F3. The summed E-state index contributed by atoms with van der Waals surface area (Å²) in [6.07, 6.45) is -3.69. The molecule has 3 heteroatoms. The fourth-order valence-corrected chi connectivity index (χ4v) is 2.45. The second-order valence-electron chi connectivity index (χ2n) is 4.75. The molecular weight excluding hydrogens is 177 g/mol. The number of hydrogen-bond donors (Lipinski definition) is 0. The minimum Gasteiger partial charge on any atom is -0.170 e. The van der Waals surface area contributed by atoms with Gasteiger partial charge in [-0.15, -0.1) is 0 Å². The van der Waals surface area contributed by atoms with Crippen LogP contribution in [0.2, 0.25) is 0 Å². The first kappa shape index (κ1) is 10.9. The van der Waals surface area contributed by atoms with E-state index in [1.165, 1.54) is 0 Å². The summed E-state index contributed by atoms with van der Waals surface area (Å²) in [4.78, 5) is 0. The van der Waals surface area contributed by atoms with Gasteiger partial charge in [0.1, 0.15) is 0 Å². The van der Waals surface area contributed by atoms with Crippen molar-refractivity contribution >= 4 is 0 Å². The molecule has 0 spiro atoms. The molecule has 1 aliphatic rings. The van der Waals surface area contributed by atoms with Crippen LogP contribution in [0.3, 0.4) is 0 Å². The maximum Gasteiger partial charge on any atom is 0.395 e. The van der Waals surface area contributed by atoms with Gasteiger partial charge in [0.15, 0.2) is 0 Å². The summed E-state index contributed by atoms with van der Waals surface area (Å²) < 4.78 is 38.3. The van der Waals surface area contributed by atoms with E-state index in [0.29, 0.717) is 6.42 Å². The monoisotopic (exact) mass is 194 g/mol. The van der Waals surface area contributed by atoms with Crippen molar-refractivity contribution in [1.29, 1.82) is 0 Å². The Bertz CT molecular complexity index is 193. The van der Waals surface area contributed by atoms with Gasteiger partial charge >= 0.3 is 6.18 Å². The molecule has 0 aromatic carbocycles. The molecule has 0 aromatic rings. The van der Waals surface area contributed by atoms with Crippen LogP contribution in [0.15, 0.2) is 0 Å². The highest BCUT2D eigenvalue weighted by atomic mass is 19.4. The lowest BCUT2D eigenvalue weighted by Crippen LogP contribution is -2.32. The first-order chi connectivity index (χ1) is 5.73. The summed E-state index contributed by atoms with van der Waals surface area (Å²) in [5.74, 6) is -0.309. The Labute approximate surface area is 77.5 Å². The van der Waals surface area contributed by atoms with Crippen LogP contribution in [0.25, 0.3) is 0 Å². The molecule has 0 saturated heterocycles. The SMILES string of the molecule is CC(C)C1CC1(C(C)C)C(F)(F)F. The Morgan fingerprint density at radius 2 is 1.62 bits per heavy atom. The lowest BCUT2D eigenvalue weighted by molar-refractivity contribution is -0.206. The van der Waals surface area contributed by atoms with E-state index in [1.807, 2.05) is 13.8 Å². The van der Waals surface area contributed by atoms with Crippen LogP contribution in [-0.2, 0) is 0 Å². The predicted molar refractivity (Wildman–Crippen MR) is 46.3 cm³/mol. The van der Waals surface area contributed by atoms with E-state index in [4.69, 9.17) is 0 Å². The van der Waals surface area contributed by atoms with Crippen molar-refractivity contribution in [3.63, 3.8) is 0 Å². The molecule has 1 fully saturated rings. The molecule has 1 saturated carbocycles. The summed E-state index contributed by atoms with van der Waals surface area (Å²) in [7, 11) is 0. The highest BCUT2D eigenvalue weighted by Crippen LogP contribution is 2.68. The first-order valence-electron chi connectivity index (χ1n) is 4.80. The minimum atomic E-state index is -4.02. The fraction of sp³-hybridized carbons (Fsp3) is 1.00. The topological polar surface area (TPSA) is 0 Å². The molecule has 0 radical (unpaired) electrons. The van der Waals surface area contributed by atoms with Gasteiger partial charge < -0.3 is 0 Å². The van der Waals surface area contributed by atoms with E-state index < -0.39 is 11.6 Å². The number of hydrogen-bond acceptors (Lipinski definition) is 0. The van der Waals surface area contributed by atoms with Gasteiger partial charge in [-0.3, -0.25) is 0 Å². The van der Waals surface area contributed by atoms with E-state index >= 15 is 0 Å². The van der Waals surface area contributed by atoms with Gasteiger partial charge in [-0.2, -0.15) is 13.2 Å². The Balaban J connectivity index is 2.84. The Morgan fingerprint density at radius 1 is 1.15 bits per heavy atom. The highest BCUT2D eigenvalue weighted by molar-refractivity contribution is 5.09. The fourth-order valence-electron chi connectivity index (χ4n) is 2.45. The summed E-state index contributed by atoms with van der Waals surface area (Å²) in [5.41, 5.74) is -1.37. The molecule has 0 nitrogen and oxygen atoms in total. The third kappa shape index (κ3) is 1.46. The van der Waals surface area contributed by atoms with Crippen molar-refractivity contribution < 1.29 is 13.2 Å². The van der Waals surface area contributed by atoms with E-state index in [2.05, 4.69) is 0 Å². The number of rotatable bonds is 2. The largest absolute Gasteiger partial charge is 0.395 e. The number of alkyl halides is 3. The molecule has 0 N–H and O–H groups in total. The van der Waals surface area contributed by atoms with Crippen LogP contribution in [0.1, 0.15) is 34.1 Å². The molecule has 0 aromatic heterocycles. The van der Waals surface area contributed by atoms with Crippen molar-refractivity contribution in [3.05, 3.63) is 0 Å². The van der Waals surface area contributed by atoms with E-state index in [9.17, 15) is 13.2 Å². The third-order valence-corrected chi connectivity index (χ3v) is 3.42. The maximum atomic E-state index is 12.8. The summed E-state index contributed by atoms with van der Waals surface area (Å²) in [5, 5.41) is 0. The zero-order chi connectivity index (χ0) is 10.4. The predicted octanol–water partition coefficient (Wildman–Crippen LogP) is 3.87. The maximum absolute atomic E-state index is 12.8. The zero-order valence-corrected chi connectivity index (χ0v) is 8.57. The van der Waals surface area contributed by atoms with Gasteiger partial charge in [-0.05, 0) is 24.2 Å². The molecule has 13 heavy (non-hydrogen) atoms. The van der Waals surface area contributed by atoms with Gasteiger partial charge in [0.2, 0.25) is 0 Å². The van der Waals surface area contributed by atoms with Crippen LogP contribution < -0.4 is 0 Å². The molecule has 0 aliphatic heterocycles. The first-order valence-corrected chi connectivity index (χ1v) is 4.80. The number of halogens is 3. The molecule has 2 atom stereocenters. The molecule has 1 rings (SSSR count). The van der Waals surface area contributed by atoms with Gasteiger partial charge in [0, 0.05) is 0 Å². The lowest BCUT2D eigenvalue weighted by Gasteiger charge is -2.26. The Hall–Kier alpha value is -0.210. The average molecular weight is 194 g/mol. The van der Waals surface area contributed by atoms with Gasteiger partial charge in [0.05, 0.1) is 5.41 Å². The molecule has 78 valence electrons. The van der Waals surface area contributed by atoms with Gasteiger partial charge in [0.25, 0.3) is 0 Å². The van der Waals surface area contributed by atoms with E-state index in [0.717, 1.165) is 0 Å².